The van der Waals surface area contributed by atoms with Gasteiger partial charge < -0.3 is 21.3 Å². The first-order valence-electron chi connectivity index (χ1n) is 8.56. The summed E-state index contributed by atoms with van der Waals surface area (Å²) in [5.41, 5.74) is 15.3. The molecule has 0 aromatic heterocycles. The van der Waals surface area contributed by atoms with Crippen LogP contribution in [0.3, 0.4) is 0 Å². The van der Waals surface area contributed by atoms with Gasteiger partial charge in [0.2, 0.25) is 0 Å². The molecule has 24 heavy (non-hydrogen) atoms. The first-order chi connectivity index (χ1) is 11.6. The average molecular weight is 328 g/mol. The molecule has 0 bridgehead atoms. The fourth-order valence-electron chi connectivity index (χ4n) is 2.73. The van der Waals surface area contributed by atoms with Gasteiger partial charge in [-0.1, -0.05) is 37.6 Å². The first kappa shape index (κ1) is 18.3. The van der Waals surface area contributed by atoms with Crippen molar-refractivity contribution in [3.63, 3.8) is 0 Å². The van der Waals surface area contributed by atoms with E-state index in [0.717, 1.165) is 35.3 Å². The third-order valence-corrected chi connectivity index (χ3v) is 4.14. The monoisotopic (exact) mass is 328 g/mol. The summed E-state index contributed by atoms with van der Waals surface area (Å²) in [5, 5.41) is 10.4. The highest BCUT2D eigenvalue weighted by Gasteiger charge is 2.19. The average Bonchev–Trinajstić information content (AvgIpc) is 2.58. The quantitative estimate of drug-likeness (QED) is 0.486. The Labute approximate surface area is 144 Å². The van der Waals surface area contributed by atoms with Crippen molar-refractivity contribution in [2.45, 2.75) is 38.2 Å². The van der Waals surface area contributed by atoms with Crippen LogP contribution in [0.5, 0.6) is 0 Å². The molecule has 4 heteroatoms. The number of benzene rings is 2. The Kier molecular flexibility index (Phi) is 7.09. The maximum atomic E-state index is 10.4. The molecule has 1 unspecified atom stereocenters. The lowest BCUT2D eigenvalue weighted by atomic mass is 9.86. The van der Waals surface area contributed by atoms with Crippen LogP contribution in [0.2, 0.25) is 0 Å². The van der Waals surface area contributed by atoms with Crippen molar-refractivity contribution in [2.24, 2.45) is 0 Å². The zero-order valence-corrected chi connectivity index (χ0v) is 14.3. The molecule has 2 rings (SSSR count). The number of rotatable bonds is 9. The Morgan fingerprint density at radius 3 is 1.88 bits per heavy atom. The molecule has 0 saturated carbocycles. The summed E-state index contributed by atoms with van der Waals surface area (Å²) in [4.78, 5) is 0. The maximum Gasteiger partial charge on any atom is 0.0782 e. The Hall–Kier alpha value is -2.04. The summed E-state index contributed by atoms with van der Waals surface area (Å²) >= 11 is 0. The van der Waals surface area contributed by atoms with E-state index in [-0.39, 0.29) is 5.92 Å². The molecule has 0 heterocycles. The number of aliphatic hydroxyl groups excluding tert-OH is 1. The molecule has 4 nitrogen and oxygen atoms in total. The van der Waals surface area contributed by atoms with Gasteiger partial charge in [-0.05, 0) is 48.2 Å². The molecule has 0 aliphatic heterocycles. The third kappa shape index (κ3) is 5.55. The summed E-state index contributed by atoms with van der Waals surface area (Å²) in [6.45, 7) is 3.18. The van der Waals surface area contributed by atoms with Gasteiger partial charge in [-0.3, -0.25) is 0 Å². The topological polar surface area (TPSA) is 81.5 Å². The van der Waals surface area contributed by atoms with Gasteiger partial charge in [-0.15, -0.1) is 0 Å². The van der Waals surface area contributed by atoms with E-state index in [0.29, 0.717) is 19.6 Å². The third-order valence-electron chi connectivity index (χ3n) is 4.14. The number of nitrogens with two attached hydrogens (primary N) is 2. The number of unbranched alkanes of at least 4 members (excludes halogenated alkanes) is 1. The number of anilines is 2. The van der Waals surface area contributed by atoms with Crippen LogP contribution in [-0.2, 0) is 4.74 Å². The van der Waals surface area contributed by atoms with Gasteiger partial charge in [0.1, 0.15) is 0 Å². The van der Waals surface area contributed by atoms with Gasteiger partial charge in [-0.2, -0.15) is 0 Å². The second-order valence-corrected chi connectivity index (χ2v) is 6.20. The highest BCUT2D eigenvalue weighted by Crippen LogP contribution is 2.30. The van der Waals surface area contributed by atoms with Gasteiger partial charge in [0.25, 0.3) is 0 Å². The van der Waals surface area contributed by atoms with E-state index in [9.17, 15) is 5.11 Å². The van der Waals surface area contributed by atoms with Crippen LogP contribution >= 0.6 is 0 Å². The number of aliphatic hydroxyl groups is 1. The summed E-state index contributed by atoms with van der Waals surface area (Å²) in [7, 11) is 0. The second kappa shape index (κ2) is 9.30. The molecule has 0 spiro atoms. The molecule has 5 N–H and O–H groups in total. The molecule has 130 valence electrons. The molecule has 0 amide bonds. The van der Waals surface area contributed by atoms with Crippen molar-refractivity contribution in [2.75, 3.05) is 24.7 Å². The highest BCUT2D eigenvalue weighted by atomic mass is 16.5. The first-order valence-corrected chi connectivity index (χ1v) is 8.56. The predicted octanol–water partition coefficient (Wildman–Crippen LogP) is 3.55. The zero-order valence-electron chi connectivity index (χ0n) is 14.3. The molecule has 0 aliphatic carbocycles. The lowest BCUT2D eigenvalue weighted by Gasteiger charge is -2.22. The highest BCUT2D eigenvalue weighted by molar-refractivity contribution is 5.45. The normalized spacial score (nSPS) is 12.5. The Bertz CT molecular complexity index is 551. The standard InChI is InChI=1S/C20H28N2O2/c1-2-3-12-24-14-19(23)13-20(15-4-8-17(21)9-5-15)16-6-10-18(22)11-7-16/h4-11,19-20,23H,2-3,12-14,21-22H2,1H3. The van der Waals surface area contributed by atoms with Crippen molar-refractivity contribution in [1.29, 1.82) is 0 Å². The van der Waals surface area contributed by atoms with Crippen LogP contribution in [0.1, 0.15) is 43.2 Å². The molecule has 1 atom stereocenters. The SMILES string of the molecule is CCCCOCC(O)CC(c1ccc(N)cc1)c1ccc(N)cc1. The lowest BCUT2D eigenvalue weighted by molar-refractivity contribution is 0.0295. The smallest absolute Gasteiger partial charge is 0.0782 e. The second-order valence-electron chi connectivity index (χ2n) is 6.20. The number of nitrogen functional groups attached to an aromatic ring is 2. The predicted molar refractivity (Wildman–Crippen MR) is 99.9 cm³/mol. The number of hydrogen-bond donors (Lipinski definition) is 3. The fraction of sp³-hybridized carbons (Fsp3) is 0.400. The molecule has 0 radical (unpaired) electrons. The van der Waals surface area contributed by atoms with Gasteiger partial charge in [0.05, 0.1) is 12.7 Å². The number of hydrogen-bond acceptors (Lipinski definition) is 4. The van der Waals surface area contributed by atoms with E-state index in [2.05, 4.69) is 6.92 Å². The summed E-state index contributed by atoms with van der Waals surface area (Å²) in [5.74, 6) is 0.0796. The lowest BCUT2D eigenvalue weighted by Crippen LogP contribution is -2.20. The minimum Gasteiger partial charge on any atom is -0.399 e. The van der Waals surface area contributed by atoms with E-state index in [1.807, 2.05) is 48.5 Å². The minimum absolute atomic E-state index is 0.0796. The van der Waals surface area contributed by atoms with Gasteiger partial charge >= 0.3 is 0 Å². The van der Waals surface area contributed by atoms with E-state index < -0.39 is 6.10 Å². The van der Waals surface area contributed by atoms with Crippen LogP contribution in [0.4, 0.5) is 11.4 Å². The Morgan fingerprint density at radius 2 is 1.42 bits per heavy atom. The molecular weight excluding hydrogens is 300 g/mol. The zero-order chi connectivity index (χ0) is 17.4. The summed E-state index contributed by atoms with van der Waals surface area (Å²) in [6.07, 6.45) is 2.20. The minimum atomic E-state index is -0.512. The fourth-order valence-corrected chi connectivity index (χ4v) is 2.73. The molecule has 0 aliphatic rings. The largest absolute Gasteiger partial charge is 0.399 e. The van der Waals surface area contributed by atoms with Crippen LogP contribution in [0, 0.1) is 0 Å². The van der Waals surface area contributed by atoms with E-state index in [4.69, 9.17) is 16.2 Å². The van der Waals surface area contributed by atoms with Crippen molar-refractivity contribution in [3.05, 3.63) is 59.7 Å². The van der Waals surface area contributed by atoms with E-state index >= 15 is 0 Å². The maximum absolute atomic E-state index is 10.4. The summed E-state index contributed by atoms with van der Waals surface area (Å²) in [6, 6.07) is 15.6. The van der Waals surface area contributed by atoms with Crippen molar-refractivity contribution < 1.29 is 9.84 Å². The van der Waals surface area contributed by atoms with Crippen LogP contribution in [-0.4, -0.2) is 24.4 Å². The van der Waals surface area contributed by atoms with Crippen LogP contribution in [0.15, 0.2) is 48.5 Å². The van der Waals surface area contributed by atoms with Crippen molar-refractivity contribution >= 4 is 11.4 Å². The van der Waals surface area contributed by atoms with Gasteiger partial charge in [0.15, 0.2) is 0 Å². The molecule has 2 aromatic rings. The number of ether oxygens (including phenoxy) is 1. The molecule has 2 aromatic carbocycles. The van der Waals surface area contributed by atoms with Crippen molar-refractivity contribution in [3.8, 4) is 0 Å². The Morgan fingerprint density at radius 1 is 0.917 bits per heavy atom. The van der Waals surface area contributed by atoms with Crippen LogP contribution < -0.4 is 11.5 Å². The summed E-state index contributed by atoms with van der Waals surface area (Å²) < 4.78 is 5.56. The van der Waals surface area contributed by atoms with E-state index in [1.165, 1.54) is 0 Å². The Balaban J connectivity index is 2.10. The van der Waals surface area contributed by atoms with E-state index in [1.54, 1.807) is 0 Å². The molecule has 0 fully saturated rings. The molecular formula is C20H28N2O2. The van der Waals surface area contributed by atoms with Gasteiger partial charge in [-0.25, -0.2) is 0 Å². The van der Waals surface area contributed by atoms with Crippen LogP contribution in [0.25, 0.3) is 0 Å². The van der Waals surface area contributed by atoms with Gasteiger partial charge in [0, 0.05) is 23.9 Å². The molecule has 0 saturated heterocycles. The van der Waals surface area contributed by atoms with Crippen molar-refractivity contribution in [1.82, 2.24) is 0 Å².